The van der Waals surface area contributed by atoms with Crippen molar-refractivity contribution in [2.24, 2.45) is 5.92 Å². The summed E-state index contributed by atoms with van der Waals surface area (Å²) in [7, 11) is 0. The molecule has 1 saturated carbocycles. The fourth-order valence-corrected chi connectivity index (χ4v) is 2.43. The molecule has 102 valence electrons. The molecular weight excluding hydrogens is 248 g/mol. The Hall–Kier alpha value is -2.11. The first-order chi connectivity index (χ1) is 8.99. The lowest BCUT2D eigenvalue weighted by Gasteiger charge is -2.17. The fourth-order valence-electron chi connectivity index (χ4n) is 2.43. The molecule has 0 radical (unpaired) electrons. The summed E-state index contributed by atoms with van der Waals surface area (Å²) in [5.74, 6) is -1.98. The van der Waals surface area contributed by atoms with Crippen molar-refractivity contribution in [1.29, 1.82) is 0 Å². The predicted molar refractivity (Wildman–Crippen MR) is 68.0 cm³/mol. The Kier molecular flexibility index (Phi) is 3.69. The molecule has 6 heteroatoms. The van der Waals surface area contributed by atoms with Gasteiger partial charge in [0.1, 0.15) is 5.56 Å². The topological polar surface area (TPSA) is 99.3 Å². The monoisotopic (exact) mass is 264 g/mol. The van der Waals surface area contributed by atoms with Crippen molar-refractivity contribution in [2.45, 2.75) is 32.2 Å². The van der Waals surface area contributed by atoms with Gasteiger partial charge in [-0.15, -0.1) is 0 Å². The van der Waals surface area contributed by atoms with E-state index in [1.807, 2.05) is 0 Å². The summed E-state index contributed by atoms with van der Waals surface area (Å²) in [6.45, 7) is 1.72. The molecule has 2 rings (SSSR count). The summed E-state index contributed by atoms with van der Waals surface area (Å²) in [5.41, 5.74) is 0.325. The second-order valence-corrected chi connectivity index (χ2v) is 4.85. The van der Waals surface area contributed by atoms with E-state index in [0.717, 1.165) is 6.42 Å². The highest BCUT2D eigenvalue weighted by Crippen LogP contribution is 2.25. The Balaban J connectivity index is 2.13. The highest BCUT2D eigenvalue weighted by molar-refractivity contribution is 5.94. The van der Waals surface area contributed by atoms with Crippen LogP contribution in [0.3, 0.4) is 0 Å². The van der Waals surface area contributed by atoms with Gasteiger partial charge >= 0.3 is 5.97 Å². The smallest absolute Gasteiger partial charge is 0.308 e. The minimum Gasteiger partial charge on any atom is -0.481 e. The molecule has 1 aliphatic carbocycles. The van der Waals surface area contributed by atoms with Crippen LogP contribution in [0.2, 0.25) is 0 Å². The Morgan fingerprint density at radius 1 is 1.42 bits per heavy atom. The van der Waals surface area contributed by atoms with E-state index in [2.05, 4.69) is 10.3 Å². The first-order valence-electron chi connectivity index (χ1n) is 6.22. The average Bonchev–Trinajstić information content (AvgIpc) is 2.76. The van der Waals surface area contributed by atoms with Gasteiger partial charge in [-0.05, 0) is 19.8 Å². The number of carboxylic acid groups (broad SMARTS) is 1. The Labute approximate surface area is 109 Å². The minimum absolute atomic E-state index is 0.0154. The highest BCUT2D eigenvalue weighted by atomic mass is 16.4. The second-order valence-electron chi connectivity index (χ2n) is 4.85. The molecule has 0 aromatic carbocycles. The maximum atomic E-state index is 12.0. The van der Waals surface area contributed by atoms with Crippen molar-refractivity contribution >= 4 is 11.9 Å². The van der Waals surface area contributed by atoms with Crippen molar-refractivity contribution in [3.8, 4) is 0 Å². The van der Waals surface area contributed by atoms with Gasteiger partial charge in [0, 0.05) is 24.0 Å². The summed E-state index contributed by atoms with van der Waals surface area (Å²) < 4.78 is 0. The van der Waals surface area contributed by atoms with Crippen LogP contribution in [0, 0.1) is 12.8 Å². The number of hydrogen-bond acceptors (Lipinski definition) is 3. The number of carbonyl (C=O) groups is 2. The maximum Gasteiger partial charge on any atom is 0.308 e. The zero-order valence-corrected chi connectivity index (χ0v) is 10.6. The van der Waals surface area contributed by atoms with E-state index >= 15 is 0 Å². The summed E-state index contributed by atoms with van der Waals surface area (Å²) in [6, 6.07) is 0.948. The third kappa shape index (κ3) is 2.83. The zero-order chi connectivity index (χ0) is 14.0. The molecule has 0 aliphatic heterocycles. The van der Waals surface area contributed by atoms with Crippen LogP contribution in [0.25, 0.3) is 0 Å². The van der Waals surface area contributed by atoms with Crippen LogP contribution in [-0.2, 0) is 4.79 Å². The van der Waals surface area contributed by atoms with Crippen LogP contribution in [0.5, 0.6) is 0 Å². The van der Waals surface area contributed by atoms with Crippen LogP contribution >= 0.6 is 0 Å². The number of carbonyl (C=O) groups excluding carboxylic acids is 1. The van der Waals surface area contributed by atoms with Gasteiger partial charge in [0.05, 0.1) is 5.92 Å². The molecule has 6 nitrogen and oxygen atoms in total. The first-order valence-corrected chi connectivity index (χ1v) is 6.22. The SMILES string of the molecule is Cc1cc(=O)c(C(=O)NC2CCCC2C(=O)O)c[nH]1. The Bertz CT molecular complexity index is 564. The van der Waals surface area contributed by atoms with Gasteiger partial charge in [-0.2, -0.15) is 0 Å². The lowest BCUT2D eigenvalue weighted by atomic mass is 10.0. The molecule has 1 aromatic heterocycles. The maximum absolute atomic E-state index is 12.0. The summed E-state index contributed by atoms with van der Waals surface area (Å²) in [5, 5.41) is 11.7. The van der Waals surface area contributed by atoms with E-state index in [1.54, 1.807) is 6.92 Å². The lowest BCUT2D eigenvalue weighted by Crippen LogP contribution is -2.41. The van der Waals surface area contributed by atoms with E-state index in [1.165, 1.54) is 12.3 Å². The largest absolute Gasteiger partial charge is 0.481 e. The van der Waals surface area contributed by atoms with E-state index in [0.29, 0.717) is 18.5 Å². The van der Waals surface area contributed by atoms with Crippen LogP contribution in [0.4, 0.5) is 0 Å². The third-order valence-electron chi connectivity index (χ3n) is 3.45. The van der Waals surface area contributed by atoms with Crippen molar-refractivity contribution in [1.82, 2.24) is 10.3 Å². The predicted octanol–water partition coefficient (Wildman–Crippen LogP) is 0.666. The molecule has 0 saturated heterocycles. The average molecular weight is 264 g/mol. The molecule has 2 unspecified atom stereocenters. The first kappa shape index (κ1) is 13.3. The third-order valence-corrected chi connectivity index (χ3v) is 3.45. The van der Waals surface area contributed by atoms with E-state index < -0.39 is 23.8 Å². The fraction of sp³-hybridized carbons (Fsp3) is 0.462. The molecule has 19 heavy (non-hydrogen) atoms. The van der Waals surface area contributed by atoms with Gasteiger partial charge in [0.25, 0.3) is 5.91 Å². The number of nitrogens with one attached hydrogen (secondary N) is 2. The van der Waals surface area contributed by atoms with Crippen LogP contribution < -0.4 is 10.7 Å². The van der Waals surface area contributed by atoms with E-state index in [4.69, 9.17) is 5.11 Å². The molecule has 1 aromatic rings. The highest BCUT2D eigenvalue weighted by Gasteiger charge is 2.34. The number of aromatic nitrogens is 1. The van der Waals surface area contributed by atoms with Crippen molar-refractivity contribution in [3.63, 3.8) is 0 Å². The van der Waals surface area contributed by atoms with Gasteiger partial charge in [-0.1, -0.05) is 6.42 Å². The number of pyridine rings is 1. The lowest BCUT2D eigenvalue weighted by molar-refractivity contribution is -0.142. The molecule has 2 atom stereocenters. The number of H-pyrrole nitrogens is 1. The molecule has 1 fully saturated rings. The van der Waals surface area contributed by atoms with Gasteiger partial charge in [0.2, 0.25) is 0 Å². The van der Waals surface area contributed by atoms with Crippen LogP contribution in [0.1, 0.15) is 35.3 Å². The molecule has 1 aliphatic rings. The van der Waals surface area contributed by atoms with Crippen molar-refractivity contribution in [3.05, 3.63) is 33.7 Å². The number of aryl methyl sites for hydroxylation is 1. The summed E-state index contributed by atoms with van der Waals surface area (Å²) >= 11 is 0. The van der Waals surface area contributed by atoms with Crippen LogP contribution in [0.15, 0.2) is 17.1 Å². The molecule has 1 amide bonds. The molecular formula is C13H16N2O4. The van der Waals surface area contributed by atoms with Gasteiger partial charge in [0.15, 0.2) is 5.43 Å². The number of aromatic amines is 1. The van der Waals surface area contributed by atoms with Crippen LogP contribution in [-0.4, -0.2) is 28.0 Å². The van der Waals surface area contributed by atoms with Crippen molar-refractivity contribution in [2.75, 3.05) is 0 Å². The van der Waals surface area contributed by atoms with Gasteiger partial charge in [-0.25, -0.2) is 0 Å². The number of rotatable bonds is 3. The Morgan fingerprint density at radius 2 is 2.16 bits per heavy atom. The summed E-state index contributed by atoms with van der Waals surface area (Å²) in [6.07, 6.45) is 3.32. The number of carboxylic acids is 1. The van der Waals surface area contributed by atoms with E-state index in [9.17, 15) is 14.4 Å². The number of aliphatic carboxylic acids is 1. The standard InChI is InChI=1S/C13H16N2O4/c1-7-5-11(16)9(6-14-7)12(17)15-10-4-2-3-8(10)13(18)19/h5-6,8,10H,2-4H2,1H3,(H,14,16)(H,15,17)(H,18,19). The molecule has 0 bridgehead atoms. The van der Waals surface area contributed by atoms with Gasteiger partial charge < -0.3 is 15.4 Å². The molecule has 3 N–H and O–H groups in total. The van der Waals surface area contributed by atoms with E-state index in [-0.39, 0.29) is 11.0 Å². The normalized spacial score (nSPS) is 22.2. The summed E-state index contributed by atoms with van der Waals surface area (Å²) in [4.78, 5) is 37.5. The molecule has 1 heterocycles. The Morgan fingerprint density at radius 3 is 2.79 bits per heavy atom. The zero-order valence-electron chi connectivity index (χ0n) is 10.6. The second kappa shape index (κ2) is 5.26. The quantitative estimate of drug-likeness (QED) is 0.747. The number of amides is 1. The molecule has 0 spiro atoms. The number of hydrogen-bond donors (Lipinski definition) is 3. The van der Waals surface area contributed by atoms with Crippen molar-refractivity contribution < 1.29 is 14.7 Å². The van der Waals surface area contributed by atoms with Gasteiger partial charge in [-0.3, -0.25) is 14.4 Å². The minimum atomic E-state index is -0.902.